The van der Waals surface area contributed by atoms with Crippen LogP contribution in [0.2, 0.25) is 0 Å². The van der Waals surface area contributed by atoms with Crippen LogP contribution in [0.5, 0.6) is 11.5 Å². The second-order valence-corrected chi connectivity index (χ2v) is 12.3. The number of ether oxygens (including phenoxy) is 4. The SMILES string of the molecule is COC(=O)COc1cc(/C=C2\COc3c(cc(Cn4ccn(C)c4=NC(=O)OC(C)(C)C)cc3-c3ccc(F)cc3C)C2=O)ccc1F. The third kappa shape index (κ3) is 7.71. The van der Waals surface area contributed by atoms with Crippen molar-refractivity contribution in [1.82, 2.24) is 9.13 Å². The van der Waals surface area contributed by atoms with E-state index in [0.29, 0.717) is 44.8 Å². The van der Waals surface area contributed by atoms with E-state index in [2.05, 4.69) is 9.73 Å². The molecule has 0 saturated heterocycles. The van der Waals surface area contributed by atoms with Gasteiger partial charge in [0.2, 0.25) is 5.62 Å². The van der Waals surface area contributed by atoms with Crippen molar-refractivity contribution < 1.29 is 42.1 Å². The number of benzene rings is 3. The number of fused-ring (bicyclic) bond motifs is 1. The van der Waals surface area contributed by atoms with Gasteiger partial charge >= 0.3 is 12.1 Å². The van der Waals surface area contributed by atoms with Crippen LogP contribution in [0.25, 0.3) is 17.2 Å². The molecule has 0 N–H and O–H groups in total. The maximum atomic E-state index is 14.4. The lowest BCUT2D eigenvalue weighted by molar-refractivity contribution is -0.142. The summed E-state index contributed by atoms with van der Waals surface area (Å²) in [6, 6.07) is 12.0. The number of halogens is 2. The van der Waals surface area contributed by atoms with Crippen molar-refractivity contribution in [3.05, 3.63) is 106 Å². The molecule has 2 heterocycles. The highest BCUT2D eigenvalue weighted by Gasteiger charge is 2.28. The maximum absolute atomic E-state index is 14.4. The number of imidazole rings is 1. The minimum atomic E-state index is -0.746. The molecule has 0 radical (unpaired) electrons. The Morgan fingerprint density at radius 3 is 2.48 bits per heavy atom. The van der Waals surface area contributed by atoms with E-state index in [1.165, 1.54) is 37.4 Å². The van der Waals surface area contributed by atoms with E-state index < -0.39 is 35.9 Å². The molecule has 10 nitrogen and oxygen atoms in total. The number of carbonyl (C=O) groups excluding carboxylic acids is 3. The number of aryl methyl sites for hydroxylation is 2. The van der Waals surface area contributed by atoms with Gasteiger partial charge in [-0.25, -0.2) is 18.4 Å². The van der Waals surface area contributed by atoms with Crippen molar-refractivity contribution in [2.75, 3.05) is 20.3 Å². The molecule has 0 saturated carbocycles. The van der Waals surface area contributed by atoms with Crippen LogP contribution in [-0.4, -0.2) is 52.9 Å². The Morgan fingerprint density at radius 2 is 1.77 bits per heavy atom. The van der Waals surface area contributed by atoms with Gasteiger partial charge in [-0.3, -0.25) is 4.79 Å². The lowest BCUT2D eigenvalue weighted by atomic mass is 9.90. The van der Waals surface area contributed by atoms with Crippen LogP contribution >= 0.6 is 0 Å². The summed E-state index contributed by atoms with van der Waals surface area (Å²) in [5, 5.41) is 0. The molecule has 0 spiro atoms. The fourth-order valence-corrected chi connectivity index (χ4v) is 5.19. The molecular formula is C36H35F2N3O7. The summed E-state index contributed by atoms with van der Waals surface area (Å²) in [5.41, 5.74) is 3.21. The summed E-state index contributed by atoms with van der Waals surface area (Å²) in [4.78, 5) is 42.3. The van der Waals surface area contributed by atoms with Crippen LogP contribution in [0.4, 0.5) is 13.6 Å². The van der Waals surface area contributed by atoms with Gasteiger partial charge in [-0.2, -0.15) is 0 Å². The molecule has 1 aliphatic heterocycles. The van der Waals surface area contributed by atoms with Crippen molar-refractivity contribution >= 4 is 23.9 Å². The van der Waals surface area contributed by atoms with Gasteiger partial charge in [0.1, 0.15) is 23.8 Å². The van der Waals surface area contributed by atoms with Crippen LogP contribution in [0.1, 0.15) is 47.8 Å². The van der Waals surface area contributed by atoms with Crippen molar-refractivity contribution in [2.24, 2.45) is 12.0 Å². The van der Waals surface area contributed by atoms with E-state index in [1.54, 1.807) is 74.5 Å². The molecule has 1 amide bonds. The molecule has 0 atom stereocenters. The third-order valence-electron chi connectivity index (χ3n) is 7.39. The molecular weight excluding hydrogens is 624 g/mol. The lowest BCUT2D eigenvalue weighted by Crippen LogP contribution is -2.29. The maximum Gasteiger partial charge on any atom is 0.437 e. The van der Waals surface area contributed by atoms with Gasteiger partial charge in [-0.05, 0) is 92.4 Å². The number of Topliss-reactive ketones (excluding diaryl/α,β-unsaturated/α-hetero) is 1. The number of hydrogen-bond acceptors (Lipinski definition) is 7. The largest absolute Gasteiger partial charge is 0.487 e. The van der Waals surface area contributed by atoms with Gasteiger partial charge < -0.3 is 28.1 Å². The van der Waals surface area contributed by atoms with Gasteiger partial charge in [0.05, 0.1) is 19.2 Å². The number of nitrogens with zero attached hydrogens (tertiary/aromatic N) is 3. The van der Waals surface area contributed by atoms with Gasteiger partial charge in [0, 0.05) is 30.6 Å². The summed E-state index contributed by atoms with van der Waals surface area (Å²) in [5.74, 6) is -1.91. The number of methoxy groups -OCH3 is 1. The fraction of sp³-hybridized carbons (Fsp3) is 0.278. The molecule has 4 aromatic rings. The Kier molecular flexibility index (Phi) is 9.64. The summed E-state index contributed by atoms with van der Waals surface area (Å²) in [6.45, 7) is 6.67. The minimum Gasteiger partial charge on any atom is -0.487 e. The first kappa shape index (κ1) is 33.8. The Hall–Kier alpha value is -5.52. The highest BCUT2D eigenvalue weighted by atomic mass is 19.1. The lowest BCUT2D eigenvalue weighted by Gasteiger charge is -2.24. The van der Waals surface area contributed by atoms with E-state index >= 15 is 0 Å². The van der Waals surface area contributed by atoms with Gasteiger partial charge in [0.25, 0.3) is 0 Å². The Bertz CT molecular complexity index is 2020. The molecule has 12 heteroatoms. The number of rotatable bonds is 7. The number of ketones is 1. The molecule has 250 valence electrons. The zero-order valence-electron chi connectivity index (χ0n) is 27.4. The molecule has 1 aliphatic rings. The average Bonchev–Trinajstić information content (AvgIpc) is 3.35. The summed E-state index contributed by atoms with van der Waals surface area (Å²) in [6.07, 6.45) is 4.32. The topological polar surface area (TPSA) is 110 Å². The third-order valence-corrected chi connectivity index (χ3v) is 7.39. The second kappa shape index (κ2) is 13.7. The van der Waals surface area contributed by atoms with Crippen LogP contribution in [0.3, 0.4) is 0 Å². The molecule has 0 unspecified atom stereocenters. The van der Waals surface area contributed by atoms with Crippen molar-refractivity contribution in [2.45, 2.75) is 39.8 Å². The van der Waals surface area contributed by atoms with Crippen LogP contribution in [-0.2, 0) is 27.9 Å². The molecule has 48 heavy (non-hydrogen) atoms. The standard InChI is InChI=1S/C36H35F2N3O7/c1-21-13-25(37)8-9-26(21)27-15-23(18-41-12-11-40(5)34(41)39-35(44)48-36(2,3)4)16-28-32(43)24(19-47-33(27)28)14-22-7-10-29(38)30(17-22)46-20-31(42)45-6/h7-17H,18-20H2,1-6H3/b24-14+,39-34?. The monoisotopic (exact) mass is 659 g/mol. The smallest absolute Gasteiger partial charge is 0.437 e. The Morgan fingerprint density at radius 1 is 1.02 bits per heavy atom. The first-order valence-corrected chi connectivity index (χ1v) is 15.0. The molecule has 1 aromatic heterocycles. The number of amides is 1. The number of hydrogen-bond donors (Lipinski definition) is 0. The molecule has 0 fully saturated rings. The summed E-state index contributed by atoms with van der Waals surface area (Å²) < 4.78 is 53.3. The second-order valence-electron chi connectivity index (χ2n) is 12.3. The normalized spacial score (nSPS) is 14.0. The predicted molar refractivity (Wildman–Crippen MR) is 173 cm³/mol. The molecule has 3 aromatic carbocycles. The van der Waals surface area contributed by atoms with Crippen molar-refractivity contribution in [3.8, 4) is 22.6 Å². The number of aromatic nitrogens is 2. The highest BCUT2D eigenvalue weighted by molar-refractivity contribution is 6.15. The Balaban J connectivity index is 1.57. The zero-order chi connectivity index (χ0) is 34.7. The van der Waals surface area contributed by atoms with Crippen LogP contribution in [0.15, 0.2) is 71.5 Å². The van der Waals surface area contributed by atoms with Gasteiger partial charge in [-0.15, -0.1) is 4.99 Å². The van der Waals surface area contributed by atoms with Crippen molar-refractivity contribution in [3.63, 3.8) is 0 Å². The van der Waals surface area contributed by atoms with Gasteiger partial charge in [0.15, 0.2) is 24.0 Å². The Labute approximate surface area is 275 Å². The van der Waals surface area contributed by atoms with E-state index in [-0.39, 0.29) is 30.2 Å². The van der Waals surface area contributed by atoms with E-state index in [9.17, 15) is 23.2 Å². The van der Waals surface area contributed by atoms with E-state index in [1.807, 2.05) is 6.07 Å². The average molecular weight is 660 g/mol. The quantitative estimate of drug-likeness (QED) is 0.172. The van der Waals surface area contributed by atoms with Gasteiger partial charge in [-0.1, -0.05) is 12.1 Å². The molecule has 0 bridgehead atoms. The number of esters is 1. The van der Waals surface area contributed by atoms with E-state index in [0.717, 1.165) is 0 Å². The van der Waals surface area contributed by atoms with E-state index in [4.69, 9.17) is 14.2 Å². The fourth-order valence-electron chi connectivity index (χ4n) is 5.19. The number of carbonyl (C=O) groups is 3. The first-order valence-electron chi connectivity index (χ1n) is 15.0. The summed E-state index contributed by atoms with van der Waals surface area (Å²) in [7, 11) is 2.94. The van der Waals surface area contributed by atoms with Crippen LogP contribution < -0.4 is 15.1 Å². The summed E-state index contributed by atoms with van der Waals surface area (Å²) >= 11 is 0. The predicted octanol–water partition coefficient (Wildman–Crippen LogP) is 6.17. The molecule has 5 rings (SSSR count). The minimum absolute atomic E-state index is 0.0828. The molecule has 0 aliphatic carbocycles. The first-order chi connectivity index (χ1) is 22.7. The zero-order valence-corrected chi connectivity index (χ0v) is 27.4. The van der Waals surface area contributed by atoms with Crippen LogP contribution in [0, 0.1) is 18.6 Å². The van der Waals surface area contributed by atoms with Crippen molar-refractivity contribution in [1.29, 1.82) is 0 Å². The highest BCUT2D eigenvalue weighted by Crippen LogP contribution is 2.40.